The van der Waals surface area contributed by atoms with Gasteiger partial charge in [-0.15, -0.1) is 11.6 Å². The summed E-state index contributed by atoms with van der Waals surface area (Å²) in [5, 5.41) is 8.80. The number of ether oxygens (including phenoxy) is 2. The average Bonchev–Trinajstić information content (AvgIpc) is 2.98. The summed E-state index contributed by atoms with van der Waals surface area (Å²) in [5.41, 5.74) is 6.92. The molecule has 230 valence electrons. The van der Waals surface area contributed by atoms with E-state index in [1.807, 2.05) is 57.4 Å². The van der Waals surface area contributed by atoms with Crippen LogP contribution in [0.25, 0.3) is 5.57 Å². The predicted molar refractivity (Wildman–Crippen MR) is 169 cm³/mol. The molecular weight excluding hydrogens is 779 g/mol. The molecule has 2 aromatic carbocycles. The van der Waals surface area contributed by atoms with Crippen LogP contribution in [0, 0.1) is 62.1 Å². The molecule has 1 aromatic heterocycles. The summed E-state index contributed by atoms with van der Waals surface area (Å²) in [6, 6.07) is 17.4. The van der Waals surface area contributed by atoms with Crippen LogP contribution in [0.5, 0.6) is 5.88 Å². The number of rotatable bonds is 8. The first kappa shape index (κ1) is 37.1. The number of pyridine rings is 1. The maximum absolute atomic E-state index is 14.0. The minimum Gasteiger partial charge on any atom is -0.473 e. The molecule has 0 bridgehead atoms. The van der Waals surface area contributed by atoms with Crippen LogP contribution in [0.3, 0.4) is 0 Å². The number of nitriles is 1. The van der Waals surface area contributed by atoms with E-state index >= 15 is 0 Å². The van der Waals surface area contributed by atoms with Gasteiger partial charge in [-0.25, -0.2) is 9.37 Å². The molecule has 0 aliphatic carbocycles. The minimum absolute atomic E-state index is 0. The Morgan fingerprint density at radius 3 is 2.50 bits per heavy atom. The number of benzene rings is 2. The summed E-state index contributed by atoms with van der Waals surface area (Å²) in [5.74, 6) is 0.0133. The maximum atomic E-state index is 14.0. The van der Waals surface area contributed by atoms with Crippen molar-refractivity contribution in [3.8, 4) is 11.9 Å². The normalized spacial score (nSPS) is 15.4. The first-order chi connectivity index (χ1) is 20.7. The Morgan fingerprint density at radius 1 is 1.20 bits per heavy atom. The molecular formula is C36H41FN3O3U-. The SMILES string of the molecule is C=C(C)CN1CC=C(c2cccc(OCc3ccc(C#N)cc3F)n2)CC1.CCC1CCO1.Cc1ccc([C-]=O)cc1C.[U]. The van der Waals surface area contributed by atoms with E-state index in [1.54, 1.807) is 24.3 Å². The van der Waals surface area contributed by atoms with Crippen LogP contribution in [0.15, 0.2) is 72.8 Å². The second-order valence-corrected chi connectivity index (χ2v) is 10.8. The summed E-state index contributed by atoms with van der Waals surface area (Å²) in [6.07, 6.45) is 8.06. The molecule has 3 aromatic rings. The van der Waals surface area contributed by atoms with Gasteiger partial charge in [0.2, 0.25) is 5.88 Å². The van der Waals surface area contributed by atoms with Crippen molar-refractivity contribution in [3.05, 3.63) is 112 Å². The van der Waals surface area contributed by atoms with E-state index in [4.69, 9.17) is 14.7 Å². The molecule has 44 heavy (non-hydrogen) atoms. The largest absolute Gasteiger partial charge is 0.473 e. The molecule has 1 unspecified atom stereocenters. The Morgan fingerprint density at radius 2 is 1.98 bits per heavy atom. The van der Waals surface area contributed by atoms with Crippen LogP contribution in [-0.2, 0) is 16.1 Å². The molecule has 0 saturated carbocycles. The van der Waals surface area contributed by atoms with Crippen molar-refractivity contribution in [3.63, 3.8) is 0 Å². The van der Waals surface area contributed by atoms with Crippen molar-refractivity contribution < 1.29 is 49.8 Å². The van der Waals surface area contributed by atoms with E-state index in [2.05, 4.69) is 29.5 Å². The van der Waals surface area contributed by atoms with Crippen molar-refractivity contribution in [2.75, 3.05) is 26.2 Å². The summed E-state index contributed by atoms with van der Waals surface area (Å²) in [6.45, 7) is 16.0. The van der Waals surface area contributed by atoms with Gasteiger partial charge in [0.15, 0.2) is 0 Å². The van der Waals surface area contributed by atoms with Crippen molar-refractivity contribution in [2.24, 2.45) is 0 Å². The number of carbonyl (C=O) groups excluding carboxylic acids is 1. The Hall–Kier alpha value is -3.07. The van der Waals surface area contributed by atoms with Crippen LogP contribution in [0.4, 0.5) is 4.39 Å². The molecule has 2 aliphatic rings. The Labute approximate surface area is 285 Å². The van der Waals surface area contributed by atoms with E-state index in [0.29, 0.717) is 28.7 Å². The minimum atomic E-state index is -0.446. The van der Waals surface area contributed by atoms with E-state index < -0.39 is 5.82 Å². The van der Waals surface area contributed by atoms with E-state index in [-0.39, 0.29) is 37.7 Å². The fraction of sp³-hybridized carbons (Fsp3) is 0.361. The zero-order chi connectivity index (χ0) is 31.2. The molecule has 6 nitrogen and oxygen atoms in total. The molecule has 0 N–H and O–H groups in total. The van der Waals surface area contributed by atoms with Gasteiger partial charge in [-0.1, -0.05) is 49.8 Å². The van der Waals surface area contributed by atoms with Gasteiger partial charge in [-0.2, -0.15) is 23.0 Å². The molecule has 0 amide bonds. The van der Waals surface area contributed by atoms with E-state index in [0.717, 1.165) is 49.5 Å². The maximum Gasteiger partial charge on any atom is 0.214 e. The van der Waals surface area contributed by atoms with Crippen LogP contribution < -0.4 is 4.74 Å². The van der Waals surface area contributed by atoms with Gasteiger partial charge in [0.25, 0.3) is 0 Å². The van der Waals surface area contributed by atoms with Crippen LogP contribution in [-0.4, -0.2) is 48.5 Å². The molecule has 8 heteroatoms. The monoisotopic (exact) mass is 820 g/mol. The number of aromatic nitrogens is 1. The molecule has 0 spiro atoms. The number of nitrogens with zero attached hydrogens (tertiary/aromatic N) is 3. The number of aryl methyl sites for hydroxylation is 2. The third-order valence-corrected chi connectivity index (χ3v) is 7.27. The molecule has 0 radical (unpaired) electrons. The second kappa shape index (κ2) is 19.3. The fourth-order valence-electron chi connectivity index (χ4n) is 4.44. The Balaban J connectivity index is 0.000000324. The van der Waals surface area contributed by atoms with Gasteiger partial charge in [-0.3, -0.25) is 4.90 Å². The zero-order valence-corrected chi connectivity index (χ0v) is 30.3. The molecule has 1 fully saturated rings. The zero-order valence-electron chi connectivity index (χ0n) is 26.2. The summed E-state index contributed by atoms with van der Waals surface area (Å²) in [7, 11) is 0. The van der Waals surface area contributed by atoms with Gasteiger partial charge in [0, 0.05) is 69.0 Å². The summed E-state index contributed by atoms with van der Waals surface area (Å²) in [4.78, 5) is 17.1. The third-order valence-electron chi connectivity index (χ3n) is 7.27. The van der Waals surface area contributed by atoms with Gasteiger partial charge in [0.1, 0.15) is 12.4 Å². The number of hydrogen-bond acceptors (Lipinski definition) is 6. The molecule has 5 rings (SSSR count). The molecule has 1 saturated heterocycles. The third kappa shape index (κ3) is 12.1. The number of halogens is 1. The Kier molecular flexibility index (Phi) is 16.3. The van der Waals surface area contributed by atoms with Gasteiger partial charge in [-0.05, 0) is 56.9 Å². The van der Waals surface area contributed by atoms with Gasteiger partial charge in [0.05, 0.1) is 29.7 Å². The molecule has 1 atom stereocenters. The average molecular weight is 821 g/mol. The van der Waals surface area contributed by atoms with Gasteiger partial charge >= 0.3 is 0 Å². The second-order valence-electron chi connectivity index (χ2n) is 10.8. The quantitative estimate of drug-likeness (QED) is 0.176. The van der Waals surface area contributed by atoms with Crippen molar-refractivity contribution in [1.82, 2.24) is 9.88 Å². The summed E-state index contributed by atoms with van der Waals surface area (Å²) < 4.78 is 24.7. The van der Waals surface area contributed by atoms with E-state index in [9.17, 15) is 9.18 Å². The van der Waals surface area contributed by atoms with Crippen LogP contribution >= 0.6 is 0 Å². The van der Waals surface area contributed by atoms with Crippen molar-refractivity contribution >= 4 is 11.9 Å². The predicted octanol–water partition coefficient (Wildman–Crippen LogP) is 7.28. The van der Waals surface area contributed by atoms with Crippen molar-refractivity contribution in [2.45, 2.75) is 59.7 Å². The van der Waals surface area contributed by atoms with Crippen LogP contribution in [0.1, 0.15) is 66.6 Å². The van der Waals surface area contributed by atoms with Gasteiger partial charge < -0.3 is 14.3 Å². The summed E-state index contributed by atoms with van der Waals surface area (Å²) >= 11 is 0. The van der Waals surface area contributed by atoms with Crippen molar-refractivity contribution in [1.29, 1.82) is 5.26 Å². The molecule has 2 aliphatic heterocycles. The van der Waals surface area contributed by atoms with E-state index in [1.165, 1.54) is 30.0 Å². The first-order valence-corrected chi connectivity index (χ1v) is 14.6. The fourth-order valence-corrected chi connectivity index (χ4v) is 4.44. The Bertz CT molecular complexity index is 1460. The standard InChI is InChI=1S/C22H22FN3O.C9H9O.C5H10O.U/c1-16(2)14-26-10-8-18(9-11-26)21-4-3-5-22(25-21)27-15-19-7-6-17(13-24)12-20(19)23;1-7-3-4-9(6-10)5-8(7)2;1-2-5-3-4-6-5;/h3-8,12H,1,9-11,14-15H2,2H3;3-5H,1-2H3;5H,2-4H2,1H3;/q;-1;;. The first-order valence-electron chi connectivity index (χ1n) is 14.6. The number of hydrogen-bond donors (Lipinski definition) is 0. The smallest absolute Gasteiger partial charge is 0.214 e. The topological polar surface area (TPSA) is 75.4 Å². The van der Waals surface area contributed by atoms with Crippen LogP contribution in [0.2, 0.25) is 0 Å². The molecule has 3 heterocycles.